The summed E-state index contributed by atoms with van der Waals surface area (Å²) in [5.41, 5.74) is 3.21. The Bertz CT molecular complexity index is 734. The Morgan fingerprint density at radius 1 is 1.14 bits per heavy atom. The van der Waals surface area contributed by atoms with Crippen molar-refractivity contribution in [1.29, 1.82) is 0 Å². The molecular formula is C17H18ClN3. The Morgan fingerprint density at radius 3 is 2.71 bits per heavy atom. The Kier molecular flexibility index (Phi) is 4.11. The molecule has 0 aliphatic rings. The van der Waals surface area contributed by atoms with Crippen molar-refractivity contribution in [3.63, 3.8) is 0 Å². The fraction of sp³-hybridized carbons (Fsp3) is 0.235. The van der Waals surface area contributed by atoms with Gasteiger partial charge in [-0.3, -0.25) is 0 Å². The molecule has 108 valence electrons. The molecular weight excluding hydrogens is 282 g/mol. The third kappa shape index (κ3) is 3.03. The first-order valence-electron chi connectivity index (χ1n) is 7.21. The summed E-state index contributed by atoms with van der Waals surface area (Å²) in [5, 5.41) is 4.15. The van der Waals surface area contributed by atoms with Crippen LogP contribution in [0.25, 0.3) is 11.0 Å². The van der Waals surface area contributed by atoms with Gasteiger partial charge in [0.15, 0.2) is 0 Å². The van der Waals surface area contributed by atoms with Gasteiger partial charge in [-0.05, 0) is 36.8 Å². The number of nitrogens with zero attached hydrogens (tertiary/aromatic N) is 2. The zero-order chi connectivity index (χ0) is 14.7. The van der Waals surface area contributed by atoms with E-state index in [1.807, 2.05) is 36.4 Å². The number of hydrogen-bond acceptors (Lipinski definition) is 2. The van der Waals surface area contributed by atoms with Gasteiger partial charge >= 0.3 is 0 Å². The van der Waals surface area contributed by atoms with Gasteiger partial charge in [-0.1, -0.05) is 36.7 Å². The predicted molar refractivity (Wildman–Crippen MR) is 88.8 cm³/mol. The molecule has 1 heterocycles. The standard InChI is InChI=1S/C17H18ClN3/c1-2-10-21-16-9-8-13(18)11-15(16)20-17(21)12-19-14-6-4-3-5-7-14/h3-9,11,19H,2,10,12H2,1H3. The summed E-state index contributed by atoms with van der Waals surface area (Å²) in [4.78, 5) is 4.72. The van der Waals surface area contributed by atoms with Crippen LogP contribution in [0, 0.1) is 0 Å². The average molecular weight is 300 g/mol. The van der Waals surface area contributed by atoms with Crippen LogP contribution in [0.5, 0.6) is 0 Å². The molecule has 0 atom stereocenters. The third-order valence-electron chi connectivity index (χ3n) is 3.46. The summed E-state index contributed by atoms with van der Waals surface area (Å²) in [6.45, 7) is 3.84. The highest BCUT2D eigenvalue weighted by atomic mass is 35.5. The molecule has 1 aromatic heterocycles. The van der Waals surface area contributed by atoms with Gasteiger partial charge in [-0.2, -0.15) is 0 Å². The molecule has 0 spiro atoms. The number of aromatic nitrogens is 2. The molecule has 4 heteroatoms. The van der Waals surface area contributed by atoms with E-state index in [1.54, 1.807) is 0 Å². The summed E-state index contributed by atoms with van der Waals surface area (Å²) < 4.78 is 2.27. The number of para-hydroxylation sites is 1. The number of rotatable bonds is 5. The van der Waals surface area contributed by atoms with E-state index in [1.165, 1.54) is 0 Å². The first-order chi connectivity index (χ1) is 10.3. The number of imidazole rings is 1. The Labute approximate surface area is 129 Å². The van der Waals surface area contributed by atoms with E-state index in [0.717, 1.165) is 40.5 Å². The molecule has 3 nitrogen and oxygen atoms in total. The maximum Gasteiger partial charge on any atom is 0.129 e. The molecule has 0 saturated carbocycles. The lowest BCUT2D eigenvalue weighted by molar-refractivity contribution is 0.661. The Hall–Kier alpha value is -2.00. The van der Waals surface area contributed by atoms with Gasteiger partial charge in [0.2, 0.25) is 0 Å². The predicted octanol–water partition coefficient (Wildman–Crippen LogP) is 4.71. The van der Waals surface area contributed by atoms with E-state index in [-0.39, 0.29) is 0 Å². The molecule has 0 bridgehead atoms. The van der Waals surface area contributed by atoms with Crippen molar-refractivity contribution in [3.05, 3.63) is 59.4 Å². The number of halogens is 1. The number of fused-ring (bicyclic) bond motifs is 1. The van der Waals surface area contributed by atoms with Gasteiger partial charge in [-0.25, -0.2) is 4.98 Å². The van der Waals surface area contributed by atoms with E-state index in [9.17, 15) is 0 Å². The monoisotopic (exact) mass is 299 g/mol. The molecule has 0 saturated heterocycles. The van der Waals surface area contributed by atoms with Crippen LogP contribution >= 0.6 is 11.6 Å². The zero-order valence-electron chi connectivity index (χ0n) is 12.0. The average Bonchev–Trinajstić information content (AvgIpc) is 2.84. The lowest BCUT2D eigenvalue weighted by Crippen LogP contribution is -2.08. The molecule has 0 aliphatic heterocycles. The van der Waals surface area contributed by atoms with Crippen molar-refractivity contribution in [2.45, 2.75) is 26.4 Å². The zero-order valence-corrected chi connectivity index (χ0v) is 12.8. The topological polar surface area (TPSA) is 29.9 Å². The van der Waals surface area contributed by atoms with Crippen LogP contribution in [0.15, 0.2) is 48.5 Å². The van der Waals surface area contributed by atoms with Crippen LogP contribution in [0.3, 0.4) is 0 Å². The quantitative estimate of drug-likeness (QED) is 0.739. The van der Waals surface area contributed by atoms with Crippen LogP contribution in [-0.2, 0) is 13.1 Å². The van der Waals surface area contributed by atoms with E-state index in [2.05, 4.69) is 28.9 Å². The SMILES string of the molecule is CCCn1c(CNc2ccccc2)nc2cc(Cl)ccc21. The molecule has 0 unspecified atom stereocenters. The molecule has 0 radical (unpaired) electrons. The molecule has 2 aromatic carbocycles. The van der Waals surface area contributed by atoms with Crippen molar-refractivity contribution in [2.75, 3.05) is 5.32 Å². The molecule has 0 fully saturated rings. The Morgan fingerprint density at radius 2 is 1.95 bits per heavy atom. The minimum Gasteiger partial charge on any atom is -0.378 e. The second kappa shape index (κ2) is 6.19. The molecule has 0 amide bonds. The molecule has 3 rings (SSSR count). The van der Waals surface area contributed by atoms with Crippen LogP contribution in [0.2, 0.25) is 5.02 Å². The smallest absolute Gasteiger partial charge is 0.129 e. The summed E-state index contributed by atoms with van der Waals surface area (Å²) in [6, 6.07) is 16.1. The molecule has 21 heavy (non-hydrogen) atoms. The van der Waals surface area contributed by atoms with Crippen LogP contribution in [0.4, 0.5) is 5.69 Å². The fourth-order valence-electron chi connectivity index (χ4n) is 2.50. The van der Waals surface area contributed by atoms with E-state index in [4.69, 9.17) is 16.6 Å². The number of nitrogens with one attached hydrogen (secondary N) is 1. The van der Waals surface area contributed by atoms with Crippen molar-refractivity contribution >= 4 is 28.3 Å². The van der Waals surface area contributed by atoms with Gasteiger partial charge in [0, 0.05) is 17.3 Å². The maximum atomic E-state index is 6.07. The minimum atomic E-state index is 0.705. The van der Waals surface area contributed by atoms with Gasteiger partial charge < -0.3 is 9.88 Å². The van der Waals surface area contributed by atoms with Gasteiger partial charge in [0.1, 0.15) is 5.82 Å². The highest BCUT2D eigenvalue weighted by Crippen LogP contribution is 2.21. The van der Waals surface area contributed by atoms with Gasteiger partial charge in [-0.15, -0.1) is 0 Å². The van der Waals surface area contributed by atoms with Crippen molar-refractivity contribution in [3.8, 4) is 0 Å². The van der Waals surface area contributed by atoms with E-state index in [0.29, 0.717) is 6.54 Å². The third-order valence-corrected chi connectivity index (χ3v) is 3.70. The molecule has 3 aromatic rings. The molecule has 1 N–H and O–H groups in total. The second-order valence-corrected chi connectivity index (χ2v) is 5.47. The second-order valence-electron chi connectivity index (χ2n) is 5.03. The highest BCUT2D eigenvalue weighted by Gasteiger charge is 2.10. The number of hydrogen-bond donors (Lipinski definition) is 1. The van der Waals surface area contributed by atoms with Crippen molar-refractivity contribution in [1.82, 2.24) is 9.55 Å². The van der Waals surface area contributed by atoms with Crippen LogP contribution < -0.4 is 5.32 Å². The minimum absolute atomic E-state index is 0.705. The number of anilines is 1. The van der Waals surface area contributed by atoms with E-state index < -0.39 is 0 Å². The fourth-order valence-corrected chi connectivity index (χ4v) is 2.66. The first kappa shape index (κ1) is 14.0. The van der Waals surface area contributed by atoms with Gasteiger partial charge in [0.05, 0.1) is 17.6 Å². The van der Waals surface area contributed by atoms with Crippen LogP contribution in [-0.4, -0.2) is 9.55 Å². The summed E-state index contributed by atoms with van der Waals surface area (Å²) in [7, 11) is 0. The van der Waals surface area contributed by atoms with Gasteiger partial charge in [0.25, 0.3) is 0 Å². The lowest BCUT2D eigenvalue weighted by Gasteiger charge is -2.09. The summed E-state index contributed by atoms with van der Waals surface area (Å²) >= 11 is 6.07. The van der Waals surface area contributed by atoms with Crippen LogP contribution in [0.1, 0.15) is 19.2 Å². The first-order valence-corrected chi connectivity index (χ1v) is 7.59. The van der Waals surface area contributed by atoms with Crippen molar-refractivity contribution < 1.29 is 0 Å². The summed E-state index contributed by atoms with van der Waals surface area (Å²) in [5.74, 6) is 1.04. The normalized spacial score (nSPS) is 11.0. The maximum absolute atomic E-state index is 6.07. The van der Waals surface area contributed by atoms with Crippen molar-refractivity contribution in [2.24, 2.45) is 0 Å². The largest absolute Gasteiger partial charge is 0.378 e. The number of aryl methyl sites for hydroxylation is 1. The Balaban J connectivity index is 1.91. The highest BCUT2D eigenvalue weighted by molar-refractivity contribution is 6.31. The van der Waals surface area contributed by atoms with E-state index >= 15 is 0 Å². The molecule has 0 aliphatic carbocycles. The number of benzene rings is 2. The lowest BCUT2D eigenvalue weighted by atomic mass is 10.3. The summed E-state index contributed by atoms with van der Waals surface area (Å²) in [6.07, 6.45) is 1.08.